The van der Waals surface area contributed by atoms with E-state index in [1.165, 1.54) is 6.42 Å². The van der Waals surface area contributed by atoms with Gasteiger partial charge in [0.1, 0.15) is 11.6 Å². The molecule has 0 bridgehead atoms. The Labute approximate surface area is 138 Å². The smallest absolute Gasteiger partial charge is 0.237 e. The van der Waals surface area contributed by atoms with Gasteiger partial charge in [-0.05, 0) is 27.2 Å². The topological polar surface area (TPSA) is 66.3 Å². The fourth-order valence-corrected chi connectivity index (χ4v) is 3.41. The molecule has 1 saturated heterocycles. The minimum Gasteiger partial charge on any atom is -0.353 e. The number of amides is 1. The van der Waals surface area contributed by atoms with E-state index in [0.717, 1.165) is 57.3 Å². The third kappa shape index (κ3) is 3.72. The lowest BCUT2D eigenvalue weighted by Gasteiger charge is -2.37. The summed E-state index contributed by atoms with van der Waals surface area (Å²) in [5, 5.41) is 11.6. The zero-order valence-corrected chi connectivity index (χ0v) is 14.5. The lowest BCUT2D eigenvalue weighted by atomic mass is 10.2. The van der Waals surface area contributed by atoms with E-state index in [-0.39, 0.29) is 18.0 Å². The van der Waals surface area contributed by atoms with Crippen molar-refractivity contribution >= 4 is 5.91 Å². The highest BCUT2D eigenvalue weighted by Gasteiger charge is 2.27. The summed E-state index contributed by atoms with van der Waals surface area (Å²) < 4.78 is 2.27. The molecule has 1 amide bonds. The van der Waals surface area contributed by atoms with Gasteiger partial charge in [-0.3, -0.25) is 14.6 Å². The molecule has 1 aromatic heterocycles. The van der Waals surface area contributed by atoms with Gasteiger partial charge in [0.2, 0.25) is 5.91 Å². The number of rotatable bonds is 5. The predicted molar refractivity (Wildman–Crippen MR) is 87.9 cm³/mol. The van der Waals surface area contributed by atoms with Crippen molar-refractivity contribution in [2.24, 2.45) is 0 Å². The molecule has 0 aliphatic carbocycles. The van der Waals surface area contributed by atoms with Crippen LogP contribution in [0.3, 0.4) is 0 Å². The van der Waals surface area contributed by atoms with Crippen LogP contribution in [0.5, 0.6) is 0 Å². The van der Waals surface area contributed by atoms with E-state index >= 15 is 0 Å². The molecule has 0 aromatic carbocycles. The van der Waals surface area contributed by atoms with Gasteiger partial charge in [0.05, 0.1) is 12.6 Å². The third-order valence-electron chi connectivity index (χ3n) is 4.82. The second kappa shape index (κ2) is 6.97. The highest BCUT2D eigenvalue weighted by molar-refractivity contribution is 5.81. The van der Waals surface area contributed by atoms with Gasteiger partial charge >= 0.3 is 0 Å². The number of hydrogen-bond acceptors (Lipinski definition) is 5. The van der Waals surface area contributed by atoms with E-state index in [1.807, 2.05) is 20.8 Å². The number of hydrogen-bond donors (Lipinski definition) is 1. The van der Waals surface area contributed by atoms with Gasteiger partial charge in [-0.15, -0.1) is 10.2 Å². The Morgan fingerprint density at radius 3 is 2.57 bits per heavy atom. The van der Waals surface area contributed by atoms with E-state index in [2.05, 4.69) is 29.9 Å². The van der Waals surface area contributed by atoms with Gasteiger partial charge in [-0.2, -0.15) is 0 Å². The quantitative estimate of drug-likeness (QED) is 0.843. The Bertz CT molecular complexity index is 547. The van der Waals surface area contributed by atoms with Crippen LogP contribution in [0, 0.1) is 0 Å². The van der Waals surface area contributed by atoms with Gasteiger partial charge in [0.25, 0.3) is 0 Å². The average molecular weight is 320 g/mol. The number of carbonyl (C=O) groups is 1. The maximum absolute atomic E-state index is 12.1. The first kappa shape index (κ1) is 16.4. The lowest BCUT2D eigenvalue weighted by Crippen LogP contribution is -2.54. The summed E-state index contributed by atoms with van der Waals surface area (Å²) in [6, 6.07) is 0.137. The molecule has 0 spiro atoms. The van der Waals surface area contributed by atoms with Gasteiger partial charge < -0.3 is 9.88 Å². The Kier molecular flexibility index (Phi) is 4.96. The molecule has 1 atom stereocenters. The van der Waals surface area contributed by atoms with E-state index in [4.69, 9.17) is 0 Å². The Balaban J connectivity index is 1.49. The zero-order valence-electron chi connectivity index (χ0n) is 14.5. The molecule has 23 heavy (non-hydrogen) atoms. The van der Waals surface area contributed by atoms with Crippen LogP contribution in [-0.2, 0) is 24.3 Å². The minimum absolute atomic E-state index is 0.0584. The molecular formula is C16H28N6O. The number of piperazine rings is 1. The molecule has 1 N–H and O–H groups in total. The first-order chi connectivity index (χ1) is 11.0. The maximum atomic E-state index is 12.1. The Morgan fingerprint density at radius 1 is 1.13 bits per heavy atom. The first-order valence-corrected chi connectivity index (χ1v) is 8.72. The van der Waals surface area contributed by atoms with Crippen LogP contribution >= 0.6 is 0 Å². The second-order valence-electron chi connectivity index (χ2n) is 6.94. The average Bonchev–Trinajstić information content (AvgIpc) is 3.12. The van der Waals surface area contributed by atoms with Crippen LogP contribution in [0.1, 0.15) is 38.8 Å². The third-order valence-corrected chi connectivity index (χ3v) is 4.82. The van der Waals surface area contributed by atoms with Gasteiger partial charge in [-0.25, -0.2) is 0 Å². The van der Waals surface area contributed by atoms with Crippen molar-refractivity contribution in [3.63, 3.8) is 0 Å². The van der Waals surface area contributed by atoms with Crippen LogP contribution in [-0.4, -0.2) is 68.7 Å². The van der Waals surface area contributed by atoms with Gasteiger partial charge in [-0.1, -0.05) is 0 Å². The van der Waals surface area contributed by atoms with Crippen LogP contribution in [0.25, 0.3) is 0 Å². The van der Waals surface area contributed by atoms with Crippen molar-refractivity contribution in [3.8, 4) is 0 Å². The molecule has 2 aliphatic rings. The second-order valence-corrected chi connectivity index (χ2v) is 6.94. The van der Waals surface area contributed by atoms with Gasteiger partial charge in [0.15, 0.2) is 0 Å². The number of carbonyl (C=O) groups excluding carboxylic acids is 1. The van der Waals surface area contributed by atoms with Crippen molar-refractivity contribution in [2.75, 3.05) is 26.2 Å². The van der Waals surface area contributed by atoms with Crippen molar-refractivity contribution in [1.82, 2.24) is 29.9 Å². The Morgan fingerprint density at radius 2 is 1.87 bits per heavy atom. The van der Waals surface area contributed by atoms with Crippen LogP contribution in [0.15, 0.2) is 0 Å². The first-order valence-electron chi connectivity index (χ1n) is 8.72. The summed E-state index contributed by atoms with van der Waals surface area (Å²) in [5.41, 5.74) is 0. The molecule has 3 heterocycles. The number of nitrogens with one attached hydrogen (secondary N) is 1. The molecule has 0 radical (unpaired) electrons. The summed E-state index contributed by atoms with van der Waals surface area (Å²) >= 11 is 0. The lowest BCUT2D eigenvalue weighted by molar-refractivity contribution is -0.127. The summed E-state index contributed by atoms with van der Waals surface area (Å²) in [5.74, 6) is 2.36. The molecule has 3 rings (SSSR count). The molecular weight excluding hydrogens is 292 g/mol. The highest BCUT2D eigenvalue weighted by atomic mass is 16.2. The van der Waals surface area contributed by atoms with Gasteiger partial charge in [0, 0.05) is 45.2 Å². The largest absolute Gasteiger partial charge is 0.353 e. The molecule has 2 aliphatic heterocycles. The summed E-state index contributed by atoms with van der Waals surface area (Å²) in [4.78, 5) is 16.8. The highest BCUT2D eigenvalue weighted by Crippen LogP contribution is 2.16. The molecule has 1 unspecified atom stereocenters. The standard InChI is InChI=1S/C16H28N6O/c1-12(2)17-16(23)13(3)21-9-7-20(8-10-21)11-15-19-18-14-5-4-6-22(14)15/h12-13H,4-11H2,1-3H3,(H,17,23). The molecule has 7 heteroatoms. The van der Waals surface area contributed by atoms with E-state index in [0.29, 0.717) is 0 Å². The number of nitrogens with zero attached hydrogens (tertiary/aromatic N) is 5. The SMILES string of the molecule is CC(C)NC(=O)C(C)N1CCN(Cc2nnc3n2CCC3)CC1. The van der Waals surface area contributed by atoms with E-state index in [1.54, 1.807) is 0 Å². The van der Waals surface area contributed by atoms with Crippen molar-refractivity contribution in [3.05, 3.63) is 11.6 Å². The van der Waals surface area contributed by atoms with Crippen LogP contribution in [0.4, 0.5) is 0 Å². The molecule has 0 saturated carbocycles. The van der Waals surface area contributed by atoms with Crippen molar-refractivity contribution in [1.29, 1.82) is 0 Å². The summed E-state index contributed by atoms with van der Waals surface area (Å²) in [6.45, 7) is 11.7. The fraction of sp³-hybridized carbons (Fsp3) is 0.812. The van der Waals surface area contributed by atoms with Crippen molar-refractivity contribution in [2.45, 2.75) is 58.8 Å². The normalized spacial score (nSPS) is 20.7. The zero-order chi connectivity index (χ0) is 16.4. The van der Waals surface area contributed by atoms with E-state index in [9.17, 15) is 4.79 Å². The van der Waals surface area contributed by atoms with Crippen molar-refractivity contribution < 1.29 is 4.79 Å². The number of aryl methyl sites for hydroxylation is 1. The number of aromatic nitrogens is 3. The fourth-order valence-electron chi connectivity index (χ4n) is 3.41. The summed E-state index contributed by atoms with van der Waals surface area (Å²) in [7, 11) is 0. The van der Waals surface area contributed by atoms with E-state index < -0.39 is 0 Å². The predicted octanol–water partition coefficient (Wildman–Crippen LogP) is 0.255. The maximum Gasteiger partial charge on any atom is 0.237 e. The summed E-state index contributed by atoms with van der Waals surface area (Å²) in [6.07, 6.45) is 2.25. The van der Waals surface area contributed by atoms with Crippen LogP contribution in [0.2, 0.25) is 0 Å². The van der Waals surface area contributed by atoms with Crippen LogP contribution < -0.4 is 5.32 Å². The number of fused-ring (bicyclic) bond motifs is 1. The Hall–Kier alpha value is -1.47. The molecule has 128 valence electrons. The molecule has 1 aromatic rings. The molecule has 1 fully saturated rings. The monoisotopic (exact) mass is 320 g/mol. The molecule has 7 nitrogen and oxygen atoms in total. The minimum atomic E-state index is -0.0584.